The summed E-state index contributed by atoms with van der Waals surface area (Å²) in [6.45, 7) is 3.11. The number of azo groups is 2. The second kappa shape index (κ2) is 25.9. The molecule has 404 valence electrons. The number of carbonyl (C=O) groups is 1. The first-order chi connectivity index (χ1) is 36.9. The number of nitrogens with one attached hydrogen (secondary N) is 1. The van der Waals surface area contributed by atoms with E-state index in [9.17, 15) is 46.1 Å². The Hall–Kier alpha value is -6.23. The average molecular weight is 1320 g/mol. The standard InChI is InChI=1S/2C26H21Cl2N3O7S.Ba/c2*1-13-8-23(39(34,35)36)20(10-17(13)27)30-31-24-15-7-5-4-6-14(15)9-16(25(24)32)26(33)29-19-11-18(28)21(37-2)12-22(19)38-3;/h2*4-12,32H,1-3H3,(H,29,33)(H,34,35,36);/q;;+2/p-2. The maximum absolute atomic E-state index is 13.5. The van der Waals surface area contributed by atoms with Crippen molar-refractivity contribution in [3.8, 4) is 34.5 Å². The van der Waals surface area contributed by atoms with Gasteiger partial charge in [0.05, 0.1) is 55.4 Å². The Balaban J connectivity index is 0.000000252. The van der Waals surface area contributed by atoms with E-state index in [1.165, 1.54) is 77.0 Å². The summed E-state index contributed by atoms with van der Waals surface area (Å²) in [5, 5.41) is 58.9. The zero-order chi connectivity index (χ0) is 57.0. The van der Waals surface area contributed by atoms with Crippen molar-refractivity contribution >= 4 is 183 Å². The minimum absolute atomic E-state index is 0. The molecule has 0 saturated carbocycles. The number of hydrogen-bond acceptors (Lipinski definition) is 17. The topological polar surface area (TPSA) is 303 Å². The second-order valence-corrected chi connectivity index (χ2v) is 20.8. The number of halogens is 4. The van der Waals surface area contributed by atoms with Crippen LogP contribution in [0, 0.1) is 13.8 Å². The molecule has 79 heavy (non-hydrogen) atoms. The zero-order valence-corrected chi connectivity index (χ0v) is 51.1. The number of rotatable bonds is 14. The van der Waals surface area contributed by atoms with Crippen LogP contribution in [0.2, 0.25) is 20.1 Å². The van der Waals surface area contributed by atoms with Crippen LogP contribution in [0.3, 0.4) is 0 Å². The van der Waals surface area contributed by atoms with Crippen molar-refractivity contribution in [3.05, 3.63) is 152 Å². The molecule has 0 aliphatic heterocycles. The van der Waals surface area contributed by atoms with Crippen LogP contribution in [-0.2, 0) is 20.2 Å². The molecule has 8 aromatic carbocycles. The Kier molecular flexibility index (Phi) is 20.3. The third kappa shape index (κ3) is 14.0. The van der Waals surface area contributed by atoms with Crippen molar-refractivity contribution in [1.29, 1.82) is 0 Å². The Morgan fingerprint density at radius 3 is 1.48 bits per heavy atom. The monoisotopic (exact) mass is 1310 g/mol. The molecule has 0 aromatic heterocycles. The smallest absolute Gasteiger partial charge is 0.871 e. The van der Waals surface area contributed by atoms with Crippen LogP contribution in [-0.4, -0.2) is 120 Å². The Bertz CT molecular complexity index is 4060. The summed E-state index contributed by atoms with van der Waals surface area (Å²) < 4.78 is 87.9. The third-order valence-electron chi connectivity index (χ3n) is 11.4. The quantitative estimate of drug-likeness (QED) is 0.0259. The predicted molar refractivity (Wildman–Crippen MR) is 298 cm³/mol. The number of benzene rings is 8. The van der Waals surface area contributed by atoms with Gasteiger partial charge in [0.2, 0.25) is 0 Å². The van der Waals surface area contributed by atoms with Crippen LogP contribution in [0.1, 0.15) is 27.0 Å². The maximum Gasteiger partial charge on any atom is 2.00 e. The van der Waals surface area contributed by atoms with E-state index in [1.807, 2.05) is 0 Å². The third-order valence-corrected chi connectivity index (χ3v) is 14.6. The normalized spacial score (nSPS) is 11.8. The van der Waals surface area contributed by atoms with Crippen LogP contribution in [0.4, 0.5) is 34.1 Å². The Labute approximate surface area is 511 Å². The molecule has 1 amide bonds. The minimum atomic E-state index is -4.69. The number of hydrogen-bond donors (Lipinski definition) is 4. The first-order valence-corrected chi connectivity index (χ1v) is 26.5. The molecule has 20 nitrogen and oxygen atoms in total. The van der Waals surface area contributed by atoms with Gasteiger partial charge in [0.15, 0.2) is 5.75 Å². The van der Waals surface area contributed by atoms with E-state index in [4.69, 9.17) is 65.4 Å². The van der Waals surface area contributed by atoms with Gasteiger partial charge in [-0.3, -0.25) is 18.9 Å². The fourth-order valence-corrected chi connectivity index (χ4v) is 9.65. The van der Waals surface area contributed by atoms with Crippen LogP contribution in [0.5, 0.6) is 34.5 Å². The van der Waals surface area contributed by atoms with Gasteiger partial charge in [-0.15, -0.1) is 15.3 Å². The average Bonchev–Trinajstić information content (AvgIpc) is 3.40. The molecule has 0 radical (unpaired) electrons. The van der Waals surface area contributed by atoms with Gasteiger partial charge in [0.25, 0.3) is 26.1 Å². The number of aliphatic imine (C=N–C) groups is 1. The molecule has 8 rings (SSSR count). The first-order valence-electron chi connectivity index (χ1n) is 22.2. The van der Waals surface area contributed by atoms with Crippen molar-refractivity contribution in [2.75, 3.05) is 33.8 Å². The summed E-state index contributed by atoms with van der Waals surface area (Å²) in [4.78, 5) is 16.3. The van der Waals surface area contributed by atoms with E-state index < -0.39 is 53.3 Å². The van der Waals surface area contributed by atoms with Gasteiger partial charge in [-0.05, 0) is 95.7 Å². The Morgan fingerprint density at radius 2 is 0.987 bits per heavy atom. The second-order valence-electron chi connectivity index (χ2n) is 16.4. The summed E-state index contributed by atoms with van der Waals surface area (Å²) in [6, 6.07) is 26.6. The number of aryl methyl sites for hydroxylation is 2. The van der Waals surface area contributed by atoms with Crippen molar-refractivity contribution in [1.82, 2.24) is 0 Å². The summed E-state index contributed by atoms with van der Waals surface area (Å²) in [7, 11) is -3.73. The summed E-state index contributed by atoms with van der Waals surface area (Å²) in [6.07, 6.45) is 0. The van der Waals surface area contributed by atoms with Gasteiger partial charge < -0.3 is 39.6 Å². The largest absolute Gasteiger partial charge is 2.00 e. The molecular formula is C52H40BaCl4N6O14S2. The number of fused-ring (bicyclic) bond motifs is 2. The number of ether oxygens (including phenoxy) is 4. The van der Waals surface area contributed by atoms with E-state index in [0.717, 1.165) is 12.1 Å². The Morgan fingerprint density at radius 1 is 0.557 bits per heavy atom. The molecule has 0 bridgehead atoms. The van der Waals surface area contributed by atoms with E-state index >= 15 is 0 Å². The molecule has 4 N–H and O–H groups in total. The van der Waals surface area contributed by atoms with E-state index in [0.29, 0.717) is 44.2 Å². The molecular weight excluding hydrogens is 1280 g/mol. The molecule has 0 heterocycles. The SMILES string of the molecule is COc1cc(OC)c(N=C([O-])c2cc3ccccc3c(N=Nc3cc(Cl)c(C)cc3S(=O)(=O)O)c2[O-])cc1Cl.COc1cc(OC)c(NC(=O)c2cc3ccccc3c(N=Nc3cc(Cl)c(C)cc3S(=O)(=O)O)c2O)cc1Cl.[Ba+2]. The fraction of sp³-hybridized carbons (Fsp3) is 0.115. The number of anilines is 1. The molecule has 0 saturated heterocycles. The maximum atomic E-state index is 13.5. The molecule has 0 unspecified atom stereocenters. The van der Waals surface area contributed by atoms with Gasteiger partial charge in [0.1, 0.15) is 55.5 Å². The number of carbonyl (C=O) groups excluding carboxylic acids is 1. The molecule has 0 fully saturated rings. The minimum Gasteiger partial charge on any atom is -0.871 e. The van der Waals surface area contributed by atoms with E-state index in [1.54, 1.807) is 62.4 Å². The van der Waals surface area contributed by atoms with Gasteiger partial charge in [0, 0.05) is 33.0 Å². The van der Waals surface area contributed by atoms with Gasteiger partial charge >= 0.3 is 48.9 Å². The first kappa shape index (κ1) is 62.0. The van der Waals surface area contributed by atoms with Crippen molar-refractivity contribution in [2.24, 2.45) is 25.4 Å². The molecule has 27 heteroatoms. The van der Waals surface area contributed by atoms with Crippen LogP contribution in [0.15, 0.2) is 144 Å². The van der Waals surface area contributed by atoms with Crippen molar-refractivity contribution < 1.29 is 65.0 Å². The summed E-state index contributed by atoms with van der Waals surface area (Å²) >= 11 is 24.6. The van der Waals surface area contributed by atoms with Crippen LogP contribution >= 0.6 is 46.4 Å². The number of methoxy groups -OCH3 is 4. The van der Waals surface area contributed by atoms with Crippen LogP contribution in [0.25, 0.3) is 21.5 Å². The van der Waals surface area contributed by atoms with Crippen LogP contribution < -0.4 is 34.5 Å². The molecule has 0 spiro atoms. The van der Waals surface area contributed by atoms with Crippen molar-refractivity contribution in [3.63, 3.8) is 0 Å². The summed E-state index contributed by atoms with van der Waals surface area (Å²) in [5.74, 6) is -1.87. The van der Waals surface area contributed by atoms with E-state index in [-0.39, 0.29) is 126 Å². The molecule has 8 aromatic rings. The molecule has 0 aliphatic rings. The number of amides is 1. The number of aromatic hydroxyl groups is 1. The van der Waals surface area contributed by atoms with Gasteiger partial charge in [-0.25, -0.2) is 0 Å². The van der Waals surface area contributed by atoms with E-state index in [2.05, 4.69) is 30.8 Å². The number of phenolic OH excluding ortho intramolecular Hbond substituents is 1. The summed E-state index contributed by atoms with van der Waals surface area (Å²) in [5.41, 5.74) is -0.347. The molecule has 0 aliphatic carbocycles. The number of nitrogens with zero attached hydrogens (tertiary/aromatic N) is 5. The zero-order valence-electron chi connectivity index (χ0n) is 42.0. The van der Waals surface area contributed by atoms with Crippen molar-refractivity contribution in [2.45, 2.75) is 23.6 Å². The fourth-order valence-electron chi connectivity index (χ4n) is 7.47. The number of phenols is 1. The molecule has 0 atom stereocenters. The van der Waals surface area contributed by atoms with Gasteiger partial charge in [-0.2, -0.15) is 21.9 Å². The van der Waals surface area contributed by atoms with Gasteiger partial charge in [-0.1, -0.05) is 101 Å². The predicted octanol–water partition coefficient (Wildman–Crippen LogP) is 12.4.